The van der Waals surface area contributed by atoms with Crippen LogP contribution in [0, 0.1) is 11.8 Å². The van der Waals surface area contributed by atoms with E-state index >= 15 is 0 Å². The van der Waals surface area contributed by atoms with Crippen LogP contribution in [0.15, 0.2) is 34.7 Å². The average molecular weight is 380 g/mol. The molecule has 1 aliphatic carbocycles. The highest BCUT2D eigenvalue weighted by atomic mass is 32.2. The Hall–Kier alpha value is -0.783. The van der Waals surface area contributed by atoms with Crippen LogP contribution in [-0.2, 0) is 15.4 Å². The molecular formula is C20H33NO2SSi. The second-order valence-electron chi connectivity index (χ2n) is 8.79. The summed E-state index contributed by atoms with van der Waals surface area (Å²) in [6.45, 7) is 13.2. The van der Waals surface area contributed by atoms with Gasteiger partial charge in [-0.25, -0.2) is 4.21 Å². The van der Waals surface area contributed by atoms with Crippen molar-refractivity contribution >= 4 is 25.5 Å². The Balaban J connectivity index is 2.16. The minimum Gasteiger partial charge on any atom is -0.414 e. The molecule has 1 saturated carbocycles. The van der Waals surface area contributed by atoms with Crippen molar-refractivity contribution in [2.45, 2.75) is 70.5 Å². The molecular weight excluding hydrogens is 346 g/mol. The van der Waals surface area contributed by atoms with E-state index in [-0.39, 0.29) is 12.0 Å². The lowest BCUT2D eigenvalue weighted by Crippen LogP contribution is -2.49. The van der Waals surface area contributed by atoms with Crippen molar-refractivity contribution in [3.63, 3.8) is 0 Å². The lowest BCUT2D eigenvalue weighted by molar-refractivity contribution is 0.0481. The van der Waals surface area contributed by atoms with Crippen LogP contribution >= 0.6 is 0 Å². The summed E-state index contributed by atoms with van der Waals surface area (Å²) in [4.78, 5) is 0. The Morgan fingerprint density at radius 2 is 1.84 bits per heavy atom. The molecule has 0 aromatic heterocycles. The molecule has 2 rings (SSSR count). The van der Waals surface area contributed by atoms with Crippen LogP contribution in [0.3, 0.4) is 0 Å². The maximum atomic E-state index is 13.0. The van der Waals surface area contributed by atoms with Crippen LogP contribution in [0.5, 0.6) is 0 Å². The van der Waals surface area contributed by atoms with Gasteiger partial charge in [0, 0.05) is 18.2 Å². The maximum Gasteiger partial charge on any atom is 0.184 e. The van der Waals surface area contributed by atoms with E-state index in [1.54, 1.807) is 6.21 Å². The monoisotopic (exact) mass is 379 g/mol. The minimum absolute atomic E-state index is 0.196. The van der Waals surface area contributed by atoms with Gasteiger partial charge in [0.15, 0.2) is 8.32 Å². The lowest BCUT2D eigenvalue weighted by atomic mass is 9.75. The zero-order valence-electron chi connectivity index (χ0n) is 16.5. The van der Waals surface area contributed by atoms with Crippen molar-refractivity contribution in [3.8, 4) is 0 Å². The van der Waals surface area contributed by atoms with Crippen molar-refractivity contribution in [3.05, 3.63) is 35.9 Å². The summed E-state index contributed by atoms with van der Waals surface area (Å²) < 4.78 is 23.5. The Morgan fingerprint density at radius 3 is 2.44 bits per heavy atom. The summed E-state index contributed by atoms with van der Waals surface area (Å²) in [6.07, 6.45) is 5.24. The summed E-state index contributed by atoms with van der Waals surface area (Å²) in [5, 5.41) is 0. The highest BCUT2D eigenvalue weighted by Gasteiger charge is 2.44. The number of hydrogen-bond acceptors (Lipinski definition) is 2. The number of rotatable bonds is 6. The van der Waals surface area contributed by atoms with E-state index in [4.69, 9.17) is 4.43 Å². The van der Waals surface area contributed by atoms with E-state index < -0.39 is 24.1 Å². The smallest absolute Gasteiger partial charge is 0.184 e. The molecule has 0 amide bonds. The summed E-state index contributed by atoms with van der Waals surface area (Å²) in [5.41, 5.74) is 0.985. The zero-order chi connectivity index (χ0) is 18.7. The van der Waals surface area contributed by atoms with Crippen molar-refractivity contribution in [1.82, 2.24) is 0 Å². The largest absolute Gasteiger partial charge is 0.414 e. The fraction of sp³-hybridized carbons (Fsp3) is 0.650. The van der Waals surface area contributed by atoms with E-state index in [2.05, 4.69) is 44.8 Å². The average Bonchev–Trinajstić information content (AvgIpc) is 2.51. The number of benzene rings is 1. The fourth-order valence-electron chi connectivity index (χ4n) is 3.62. The molecule has 1 fully saturated rings. The van der Waals surface area contributed by atoms with Crippen molar-refractivity contribution in [2.24, 2.45) is 16.2 Å². The minimum atomic E-state index is -1.64. The van der Waals surface area contributed by atoms with Gasteiger partial charge in [-0.3, -0.25) is 0 Å². The molecule has 1 aromatic carbocycles. The topological polar surface area (TPSA) is 38.7 Å². The first-order valence-corrected chi connectivity index (χ1v) is 13.8. The van der Waals surface area contributed by atoms with Crippen LogP contribution in [0.1, 0.15) is 45.6 Å². The predicted molar refractivity (Wildman–Crippen MR) is 111 cm³/mol. The lowest BCUT2D eigenvalue weighted by Gasteiger charge is -2.44. The van der Waals surface area contributed by atoms with Gasteiger partial charge in [0.1, 0.15) is 11.0 Å². The predicted octanol–water partition coefficient (Wildman–Crippen LogP) is 5.20. The van der Waals surface area contributed by atoms with Gasteiger partial charge in [-0.05, 0) is 57.8 Å². The van der Waals surface area contributed by atoms with E-state index in [0.29, 0.717) is 5.92 Å². The van der Waals surface area contributed by atoms with E-state index in [1.807, 2.05) is 30.3 Å². The van der Waals surface area contributed by atoms with Gasteiger partial charge in [-0.15, -0.1) is 0 Å². The third-order valence-corrected chi connectivity index (χ3v) is 7.51. The Bertz CT molecular complexity index is 610. The highest BCUT2D eigenvalue weighted by Crippen LogP contribution is 2.41. The molecule has 140 valence electrons. The van der Waals surface area contributed by atoms with Gasteiger partial charge < -0.3 is 4.43 Å². The highest BCUT2D eigenvalue weighted by molar-refractivity contribution is 7.85. The van der Waals surface area contributed by atoms with Crippen LogP contribution in [0.2, 0.25) is 19.6 Å². The third-order valence-electron chi connectivity index (χ3n) is 5.00. The fourth-order valence-corrected chi connectivity index (χ4v) is 5.81. The number of hydrogen-bond donors (Lipinski definition) is 0. The standard InChI is InChI=1S/C20H33NO2SSi/c1-16-12-13-18(19(14-16)23-25(4,5)6)20(2,3)24(22)21-15-17-10-8-7-9-11-17/h7-11,15-16,18-19H,12-14H2,1-6H3/b21-15+/t16-,18-,19-,24+/m1/s1. The zero-order valence-corrected chi connectivity index (χ0v) is 18.3. The third kappa shape index (κ3) is 5.86. The molecule has 0 spiro atoms. The van der Waals surface area contributed by atoms with E-state index in [9.17, 15) is 4.21 Å². The molecule has 1 aromatic rings. The Morgan fingerprint density at radius 1 is 1.20 bits per heavy atom. The van der Waals surface area contributed by atoms with Gasteiger partial charge in [-0.2, -0.15) is 4.40 Å². The molecule has 3 nitrogen and oxygen atoms in total. The van der Waals surface area contributed by atoms with Gasteiger partial charge in [0.05, 0.1) is 4.75 Å². The molecule has 5 heteroatoms. The summed E-state index contributed by atoms with van der Waals surface area (Å²) in [5.74, 6) is 0.957. The van der Waals surface area contributed by atoms with Gasteiger partial charge in [0.2, 0.25) is 0 Å². The Kier molecular flexibility index (Phi) is 6.79. The summed E-state index contributed by atoms with van der Waals surface area (Å²) in [6, 6.07) is 9.87. The maximum absolute atomic E-state index is 13.0. The molecule has 25 heavy (non-hydrogen) atoms. The van der Waals surface area contributed by atoms with Crippen LogP contribution < -0.4 is 0 Å². The van der Waals surface area contributed by atoms with Crippen molar-refractivity contribution < 1.29 is 8.63 Å². The molecule has 0 unspecified atom stereocenters. The molecule has 0 bridgehead atoms. The molecule has 0 saturated heterocycles. The molecule has 0 aliphatic heterocycles. The molecule has 0 radical (unpaired) electrons. The quantitative estimate of drug-likeness (QED) is 0.503. The molecule has 1 aliphatic rings. The second-order valence-corrected chi connectivity index (χ2v) is 15.0. The summed E-state index contributed by atoms with van der Waals surface area (Å²) >= 11 is 0. The molecule has 0 N–H and O–H groups in total. The van der Waals surface area contributed by atoms with Gasteiger partial charge in [0.25, 0.3) is 0 Å². The van der Waals surface area contributed by atoms with Crippen molar-refractivity contribution in [1.29, 1.82) is 0 Å². The normalized spacial score (nSPS) is 26.7. The van der Waals surface area contributed by atoms with Crippen LogP contribution in [-0.4, -0.2) is 29.6 Å². The Labute approximate surface area is 157 Å². The summed E-state index contributed by atoms with van der Waals surface area (Å²) in [7, 11) is -2.92. The van der Waals surface area contributed by atoms with E-state index in [0.717, 1.165) is 18.4 Å². The van der Waals surface area contributed by atoms with Crippen LogP contribution in [0.4, 0.5) is 0 Å². The first kappa shape index (κ1) is 20.5. The number of nitrogens with zero attached hydrogens (tertiary/aromatic N) is 1. The van der Waals surface area contributed by atoms with E-state index in [1.165, 1.54) is 6.42 Å². The van der Waals surface area contributed by atoms with Gasteiger partial charge >= 0.3 is 0 Å². The molecule has 0 heterocycles. The first-order chi connectivity index (χ1) is 11.6. The first-order valence-electron chi connectivity index (χ1n) is 9.28. The van der Waals surface area contributed by atoms with Crippen LogP contribution in [0.25, 0.3) is 0 Å². The molecule has 4 atom stereocenters. The SMILES string of the molecule is C[C@@H]1CC[C@@H](C(C)(C)[S@](=O)/N=C/c2ccccc2)[C@H](O[Si](C)(C)C)C1. The van der Waals surface area contributed by atoms with Crippen molar-refractivity contribution in [2.75, 3.05) is 0 Å². The second kappa shape index (κ2) is 8.27. The van der Waals surface area contributed by atoms with Gasteiger partial charge in [-0.1, -0.05) is 43.7 Å².